The molecule has 0 unspecified atom stereocenters. The number of fused-ring (bicyclic) bond motifs is 1. The molecule has 1 amide bonds. The van der Waals surface area contributed by atoms with Gasteiger partial charge in [0.2, 0.25) is 0 Å². The highest BCUT2D eigenvalue weighted by Gasteiger charge is 2.06. The van der Waals surface area contributed by atoms with E-state index < -0.39 is 0 Å². The third-order valence-electron chi connectivity index (χ3n) is 3.82. The molecule has 0 aliphatic carbocycles. The average Bonchev–Trinajstić information content (AvgIpc) is 2.59. The Morgan fingerprint density at radius 1 is 0.913 bits per heavy atom. The molecule has 114 valence electrons. The van der Waals surface area contributed by atoms with Crippen LogP contribution in [0.4, 0.5) is 0 Å². The Balaban J connectivity index is 1.84. The molecule has 0 heterocycles. The molecule has 0 atom stereocenters. The van der Waals surface area contributed by atoms with Crippen molar-refractivity contribution in [1.82, 2.24) is 5.43 Å². The number of hydrogen-bond acceptors (Lipinski definition) is 2. The van der Waals surface area contributed by atoms with E-state index in [1.807, 2.05) is 50.2 Å². The van der Waals surface area contributed by atoms with E-state index in [2.05, 4.69) is 28.7 Å². The predicted molar refractivity (Wildman–Crippen MR) is 94.8 cm³/mol. The molecule has 3 rings (SSSR count). The van der Waals surface area contributed by atoms with Crippen molar-refractivity contribution in [1.29, 1.82) is 0 Å². The topological polar surface area (TPSA) is 41.5 Å². The van der Waals surface area contributed by atoms with Crippen LogP contribution in [0.15, 0.2) is 71.8 Å². The Bertz CT molecular complexity index is 874. The van der Waals surface area contributed by atoms with Crippen molar-refractivity contribution in [3.8, 4) is 0 Å². The van der Waals surface area contributed by atoms with Gasteiger partial charge in [-0.25, -0.2) is 5.43 Å². The lowest BCUT2D eigenvalue weighted by molar-refractivity contribution is 0.0955. The molecule has 3 heteroatoms. The summed E-state index contributed by atoms with van der Waals surface area (Å²) in [6.07, 6.45) is 0. The minimum atomic E-state index is -0.204. The van der Waals surface area contributed by atoms with Gasteiger partial charge in [0.1, 0.15) is 0 Å². The largest absolute Gasteiger partial charge is 0.271 e. The molecule has 0 spiro atoms. The fraction of sp³-hybridized carbons (Fsp3) is 0.100. The molecule has 23 heavy (non-hydrogen) atoms. The number of hydrogen-bond donors (Lipinski definition) is 1. The lowest BCUT2D eigenvalue weighted by Crippen LogP contribution is -2.19. The van der Waals surface area contributed by atoms with Crippen molar-refractivity contribution in [2.75, 3.05) is 0 Å². The Kier molecular flexibility index (Phi) is 4.20. The molecular formula is C20H18N2O. The number of nitrogens with one attached hydrogen (secondary N) is 1. The van der Waals surface area contributed by atoms with Crippen LogP contribution in [-0.4, -0.2) is 11.6 Å². The first kappa shape index (κ1) is 15.0. The number of carbonyl (C=O) groups excluding carboxylic acids is 1. The van der Waals surface area contributed by atoms with E-state index in [1.54, 1.807) is 12.1 Å². The normalized spacial score (nSPS) is 11.5. The number of nitrogens with zero attached hydrogens (tertiary/aromatic N) is 1. The van der Waals surface area contributed by atoms with E-state index in [1.165, 1.54) is 0 Å². The number of benzene rings is 3. The van der Waals surface area contributed by atoms with Crippen molar-refractivity contribution in [3.05, 3.63) is 83.4 Å². The quantitative estimate of drug-likeness (QED) is 0.568. The maximum absolute atomic E-state index is 12.1. The summed E-state index contributed by atoms with van der Waals surface area (Å²) < 4.78 is 0. The van der Waals surface area contributed by atoms with Gasteiger partial charge in [-0.3, -0.25) is 4.79 Å². The summed E-state index contributed by atoms with van der Waals surface area (Å²) in [7, 11) is 0. The second-order valence-corrected chi connectivity index (χ2v) is 5.53. The minimum absolute atomic E-state index is 0.204. The molecule has 3 nitrogen and oxygen atoms in total. The fourth-order valence-electron chi connectivity index (χ4n) is 2.51. The van der Waals surface area contributed by atoms with Crippen LogP contribution in [0.25, 0.3) is 10.8 Å². The van der Waals surface area contributed by atoms with Crippen LogP contribution in [-0.2, 0) is 0 Å². The SMILES string of the molecule is C/C(=N\NC(=O)c1ccc(C)cc1)c1cccc2ccccc12. The van der Waals surface area contributed by atoms with E-state index in [0.717, 1.165) is 27.6 Å². The van der Waals surface area contributed by atoms with Gasteiger partial charge in [0.15, 0.2) is 0 Å². The second-order valence-electron chi connectivity index (χ2n) is 5.53. The molecule has 0 fully saturated rings. The van der Waals surface area contributed by atoms with Gasteiger partial charge in [-0.05, 0) is 36.8 Å². The summed E-state index contributed by atoms with van der Waals surface area (Å²) in [5.74, 6) is -0.204. The molecule has 0 aliphatic rings. The number of carbonyl (C=O) groups is 1. The summed E-state index contributed by atoms with van der Waals surface area (Å²) in [6, 6.07) is 21.6. The highest BCUT2D eigenvalue weighted by Crippen LogP contribution is 2.19. The van der Waals surface area contributed by atoms with Gasteiger partial charge >= 0.3 is 0 Å². The molecule has 0 aliphatic heterocycles. The van der Waals surface area contributed by atoms with E-state index in [9.17, 15) is 4.79 Å². The molecule has 1 N–H and O–H groups in total. The molecule has 0 aromatic heterocycles. The van der Waals surface area contributed by atoms with Crippen molar-refractivity contribution in [2.24, 2.45) is 5.10 Å². The number of hydrazone groups is 1. The number of amides is 1. The van der Waals surface area contributed by atoms with Gasteiger partial charge in [-0.15, -0.1) is 0 Å². The highest BCUT2D eigenvalue weighted by molar-refractivity contribution is 6.10. The molecular weight excluding hydrogens is 284 g/mol. The Morgan fingerprint density at radius 2 is 1.61 bits per heavy atom. The fourth-order valence-corrected chi connectivity index (χ4v) is 2.51. The Labute approximate surface area is 135 Å². The smallest absolute Gasteiger partial charge is 0.267 e. The predicted octanol–water partition coefficient (Wildman–Crippen LogP) is 4.30. The molecule has 3 aromatic carbocycles. The maximum atomic E-state index is 12.1. The summed E-state index contributed by atoms with van der Waals surface area (Å²) in [5, 5.41) is 6.54. The van der Waals surface area contributed by atoms with Crippen LogP contribution >= 0.6 is 0 Å². The average molecular weight is 302 g/mol. The number of aryl methyl sites for hydroxylation is 1. The highest BCUT2D eigenvalue weighted by atomic mass is 16.2. The van der Waals surface area contributed by atoms with Gasteiger partial charge in [0.05, 0.1) is 5.71 Å². The Hall–Kier alpha value is -2.94. The third kappa shape index (κ3) is 3.29. The van der Waals surface area contributed by atoms with Crippen molar-refractivity contribution in [2.45, 2.75) is 13.8 Å². The van der Waals surface area contributed by atoms with Crippen molar-refractivity contribution >= 4 is 22.4 Å². The lowest BCUT2D eigenvalue weighted by Gasteiger charge is -2.07. The van der Waals surface area contributed by atoms with Crippen molar-refractivity contribution in [3.63, 3.8) is 0 Å². The number of rotatable bonds is 3. The molecule has 3 aromatic rings. The van der Waals surface area contributed by atoms with Crippen LogP contribution in [0.1, 0.15) is 28.4 Å². The van der Waals surface area contributed by atoms with Crippen LogP contribution in [0, 0.1) is 6.92 Å². The monoisotopic (exact) mass is 302 g/mol. The molecule has 0 radical (unpaired) electrons. The van der Waals surface area contributed by atoms with Gasteiger partial charge in [-0.1, -0.05) is 60.2 Å². The van der Waals surface area contributed by atoms with Crippen molar-refractivity contribution < 1.29 is 4.79 Å². The van der Waals surface area contributed by atoms with Crippen LogP contribution in [0.5, 0.6) is 0 Å². The first-order chi connectivity index (χ1) is 11.1. The van der Waals surface area contributed by atoms with Crippen LogP contribution < -0.4 is 5.43 Å². The lowest BCUT2D eigenvalue weighted by atomic mass is 10.0. The molecule has 0 saturated carbocycles. The maximum Gasteiger partial charge on any atom is 0.271 e. The summed E-state index contributed by atoms with van der Waals surface area (Å²) in [6.45, 7) is 3.89. The van der Waals surface area contributed by atoms with E-state index >= 15 is 0 Å². The summed E-state index contributed by atoms with van der Waals surface area (Å²) in [4.78, 5) is 12.1. The zero-order valence-electron chi connectivity index (χ0n) is 13.2. The van der Waals surface area contributed by atoms with Crippen LogP contribution in [0.2, 0.25) is 0 Å². The zero-order chi connectivity index (χ0) is 16.2. The zero-order valence-corrected chi connectivity index (χ0v) is 13.2. The Morgan fingerprint density at radius 3 is 2.39 bits per heavy atom. The minimum Gasteiger partial charge on any atom is -0.267 e. The molecule has 0 saturated heterocycles. The second kappa shape index (κ2) is 6.44. The van der Waals surface area contributed by atoms with E-state index in [4.69, 9.17) is 0 Å². The first-order valence-electron chi connectivity index (χ1n) is 7.54. The summed E-state index contributed by atoms with van der Waals surface area (Å²) >= 11 is 0. The van der Waals surface area contributed by atoms with Gasteiger partial charge in [0, 0.05) is 11.1 Å². The summed E-state index contributed by atoms with van der Waals surface area (Å²) in [5.41, 5.74) is 6.16. The standard InChI is InChI=1S/C20H18N2O/c1-14-10-12-17(13-11-14)20(23)22-21-15(2)18-9-5-7-16-6-3-4-8-19(16)18/h3-13H,1-2H3,(H,22,23)/b21-15+. The first-order valence-corrected chi connectivity index (χ1v) is 7.54. The molecule has 0 bridgehead atoms. The van der Waals surface area contributed by atoms with E-state index in [-0.39, 0.29) is 5.91 Å². The van der Waals surface area contributed by atoms with Gasteiger partial charge in [0.25, 0.3) is 5.91 Å². The van der Waals surface area contributed by atoms with E-state index in [0.29, 0.717) is 5.56 Å². The van der Waals surface area contributed by atoms with Crippen LogP contribution in [0.3, 0.4) is 0 Å². The van der Waals surface area contributed by atoms with Gasteiger partial charge in [-0.2, -0.15) is 5.10 Å². The third-order valence-corrected chi connectivity index (χ3v) is 3.82. The van der Waals surface area contributed by atoms with Gasteiger partial charge < -0.3 is 0 Å².